The molecule has 1 aromatic heterocycles. The Morgan fingerprint density at radius 1 is 0.824 bits per heavy atom. The van der Waals surface area contributed by atoms with Crippen LogP contribution in [0.1, 0.15) is 72.1 Å². The number of rotatable bonds is 1. The van der Waals surface area contributed by atoms with E-state index in [0.29, 0.717) is 0 Å². The van der Waals surface area contributed by atoms with Crippen molar-refractivity contribution in [3.05, 3.63) is 21.9 Å². The Labute approximate surface area is 112 Å². The molecule has 17 heavy (non-hydrogen) atoms. The summed E-state index contributed by atoms with van der Waals surface area (Å²) in [6.07, 6.45) is 0. The number of thiophene rings is 1. The van der Waals surface area contributed by atoms with Crippen LogP contribution in [0.25, 0.3) is 0 Å². The topological polar surface area (TPSA) is 20.2 Å². The van der Waals surface area contributed by atoms with E-state index < -0.39 is 5.60 Å². The summed E-state index contributed by atoms with van der Waals surface area (Å²) in [6.45, 7) is 18.2. The van der Waals surface area contributed by atoms with Gasteiger partial charge in [0.1, 0.15) is 0 Å². The average molecular weight is 258 g/mol. The third kappa shape index (κ3) is 6.85. The van der Waals surface area contributed by atoms with Crippen molar-refractivity contribution >= 4 is 11.3 Å². The summed E-state index contributed by atoms with van der Waals surface area (Å²) in [5, 5.41) is 9.78. The van der Waals surface area contributed by atoms with E-state index in [1.165, 1.54) is 4.88 Å². The highest BCUT2D eigenvalue weighted by atomic mass is 32.1. The summed E-state index contributed by atoms with van der Waals surface area (Å²) in [6, 6.07) is 4.13. The molecular formula is C15H30OS. The molecule has 0 aromatic carbocycles. The van der Waals surface area contributed by atoms with Crippen molar-refractivity contribution in [2.45, 2.75) is 73.3 Å². The van der Waals surface area contributed by atoms with Crippen LogP contribution in [0.15, 0.2) is 12.1 Å². The van der Waals surface area contributed by atoms with Crippen molar-refractivity contribution in [3.8, 4) is 0 Å². The van der Waals surface area contributed by atoms with E-state index in [9.17, 15) is 5.11 Å². The highest BCUT2D eigenvalue weighted by molar-refractivity contribution is 7.12. The van der Waals surface area contributed by atoms with E-state index in [1.54, 1.807) is 11.3 Å². The van der Waals surface area contributed by atoms with Crippen LogP contribution in [0.2, 0.25) is 0 Å². The predicted molar refractivity (Wildman–Crippen MR) is 81.0 cm³/mol. The number of hydrogen-bond donors (Lipinski definition) is 1. The summed E-state index contributed by atoms with van der Waals surface area (Å²) < 4.78 is 0. The Kier molecular flexibility index (Phi) is 8.82. The minimum atomic E-state index is -0.700. The van der Waals surface area contributed by atoms with E-state index in [2.05, 4.69) is 26.8 Å². The molecule has 0 fully saturated rings. The first-order chi connectivity index (χ1) is 7.71. The van der Waals surface area contributed by atoms with E-state index in [4.69, 9.17) is 0 Å². The zero-order chi connectivity index (χ0) is 14.3. The lowest BCUT2D eigenvalue weighted by molar-refractivity contribution is 0.0825. The molecule has 0 spiro atoms. The molecule has 1 nitrogen and oxygen atoms in total. The summed E-state index contributed by atoms with van der Waals surface area (Å²) in [4.78, 5) is 2.36. The van der Waals surface area contributed by atoms with Crippen molar-refractivity contribution in [3.63, 3.8) is 0 Å². The molecule has 2 heteroatoms. The van der Waals surface area contributed by atoms with Gasteiger partial charge in [-0.1, -0.05) is 48.5 Å². The van der Waals surface area contributed by atoms with Gasteiger partial charge >= 0.3 is 0 Å². The minimum Gasteiger partial charge on any atom is -0.385 e. The minimum absolute atomic E-state index is 0.189. The Balaban J connectivity index is 0. The van der Waals surface area contributed by atoms with Gasteiger partial charge < -0.3 is 5.11 Å². The SMILES string of the molecule is CC.CC.CC(C)(C)c1ccc(C(C)(C)O)s1. The van der Waals surface area contributed by atoms with Gasteiger partial charge in [0.05, 0.1) is 5.60 Å². The Morgan fingerprint density at radius 2 is 1.18 bits per heavy atom. The Hall–Kier alpha value is -0.340. The molecule has 0 atom stereocenters. The van der Waals surface area contributed by atoms with Gasteiger partial charge in [-0.3, -0.25) is 0 Å². The van der Waals surface area contributed by atoms with Gasteiger partial charge in [-0.05, 0) is 31.4 Å². The van der Waals surface area contributed by atoms with Crippen LogP contribution in [-0.4, -0.2) is 5.11 Å². The molecule has 0 bridgehead atoms. The summed E-state index contributed by atoms with van der Waals surface area (Å²) in [5.74, 6) is 0. The van der Waals surface area contributed by atoms with Gasteiger partial charge in [0, 0.05) is 9.75 Å². The third-order valence-corrected chi connectivity index (χ3v) is 3.77. The normalized spacial score (nSPS) is 10.9. The van der Waals surface area contributed by atoms with Crippen LogP contribution in [0.3, 0.4) is 0 Å². The zero-order valence-electron chi connectivity index (χ0n) is 13.0. The molecule has 102 valence electrons. The fourth-order valence-electron chi connectivity index (χ4n) is 1.07. The Bertz CT molecular complexity index is 258. The molecule has 0 aliphatic heterocycles. The average Bonchev–Trinajstić information content (AvgIpc) is 2.71. The maximum absolute atomic E-state index is 9.78. The second-order valence-electron chi connectivity index (χ2n) is 4.97. The first-order valence-corrected chi connectivity index (χ1v) is 7.36. The molecule has 1 rings (SSSR count). The fraction of sp³-hybridized carbons (Fsp3) is 0.733. The van der Waals surface area contributed by atoms with Crippen LogP contribution < -0.4 is 0 Å². The monoisotopic (exact) mass is 258 g/mol. The second-order valence-corrected chi connectivity index (χ2v) is 6.06. The van der Waals surface area contributed by atoms with Crippen molar-refractivity contribution in [1.82, 2.24) is 0 Å². The molecule has 0 amide bonds. The zero-order valence-corrected chi connectivity index (χ0v) is 13.8. The molecular weight excluding hydrogens is 228 g/mol. The standard InChI is InChI=1S/C11H18OS.2C2H6/c1-10(2,3)8-6-7-9(13-8)11(4,5)12;2*1-2/h6-7,12H,1-5H3;2*1-2H3. The van der Waals surface area contributed by atoms with Crippen molar-refractivity contribution in [2.75, 3.05) is 0 Å². The summed E-state index contributed by atoms with van der Waals surface area (Å²) >= 11 is 1.70. The van der Waals surface area contributed by atoms with Crippen LogP contribution in [0, 0.1) is 0 Å². The fourth-order valence-corrected chi connectivity index (χ4v) is 2.13. The molecule has 1 heterocycles. The lowest BCUT2D eigenvalue weighted by Crippen LogP contribution is -2.13. The lowest BCUT2D eigenvalue weighted by atomic mass is 9.95. The number of aliphatic hydroxyl groups is 1. The smallest absolute Gasteiger partial charge is 0.0932 e. The van der Waals surface area contributed by atoms with E-state index >= 15 is 0 Å². The van der Waals surface area contributed by atoms with Gasteiger partial charge in [0.15, 0.2) is 0 Å². The molecule has 0 radical (unpaired) electrons. The van der Waals surface area contributed by atoms with Crippen LogP contribution in [0.5, 0.6) is 0 Å². The summed E-state index contributed by atoms with van der Waals surface area (Å²) in [5.41, 5.74) is -0.512. The molecule has 0 saturated carbocycles. The Morgan fingerprint density at radius 3 is 1.35 bits per heavy atom. The molecule has 0 aliphatic carbocycles. The molecule has 0 unspecified atom stereocenters. The number of hydrogen-bond acceptors (Lipinski definition) is 2. The van der Waals surface area contributed by atoms with Crippen molar-refractivity contribution in [1.29, 1.82) is 0 Å². The molecule has 1 aromatic rings. The first kappa shape index (κ1) is 19.0. The predicted octanol–water partition coefficient (Wildman–Crippen LogP) is 5.33. The largest absolute Gasteiger partial charge is 0.385 e. The van der Waals surface area contributed by atoms with E-state index in [1.807, 2.05) is 47.6 Å². The molecule has 0 aliphatic rings. The maximum Gasteiger partial charge on any atom is 0.0932 e. The highest BCUT2D eigenvalue weighted by Crippen LogP contribution is 2.34. The van der Waals surface area contributed by atoms with Gasteiger partial charge in [0.2, 0.25) is 0 Å². The van der Waals surface area contributed by atoms with E-state index in [-0.39, 0.29) is 5.41 Å². The highest BCUT2D eigenvalue weighted by Gasteiger charge is 2.22. The van der Waals surface area contributed by atoms with Gasteiger partial charge in [-0.25, -0.2) is 0 Å². The van der Waals surface area contributed by atoms with Crippen LogP contribution >= 0.6 is 11.3 Å². The van der Waals surface area contributed by atoms with Gasteiger partial charge in [0.25, 0.3) is 0 Å². The summed E-state index contributed by atoms with van der Waals surface area (Å²) in [7, 11) is 0. The molecule has 0 saturated heterocycles. The van der Waals surface area contributed by atoms with E-state index in [0.717, 1.165) is 4.88 Å². The second kappa shape index (κ2) is 7.88. The quantitative estimate of drug-likeness (QED) is 0.722. The maximum atomic E-state index is 9.78. The lowest BCUT2D eigenvalue weighted by Gasteiger charge is -2.17. The third-order valence-electron chi connectivity index (χ3n) is 1.95. The van der Waals surface area contributed by atoms with Crippen LogP contribution in [0.4, 0.5) is 0 Å². The van der Waals surface area contributed by atoms with Gasteiger partial charge in [-0.2, -0.15) is 0 Å². The van der Waals surface area contributed by atoms with Crippen molar-refractivity contribution in [2.24, 2.45) is 0 Å². The molecule has 1 N–H and O–H groups in total. The van der Waals surface area contributed by atoms with Gasteiger partial charge in [-0.15, -0.1) is 11.3 Å². The van der Waals surface area contributed by atoms with Crippen LogP contribution in [-0.2, 0) is 11.0 Å². The van der Waals surface area contributed by atoms with Crippen molar-refractivity contribution < 1.29 is 5.11 Å². The first-order valence-electron chi connectivity index (χ1n) is 6.54.